The molecule has 2 heterocycles. The second-order valence-corrected chi connectivity index (χ2v) is 4.81. The Hall–Kier alpha value is -2.60. The number of nitrogens with zero attached hydrogens (tertiary/aromatic N) is 3. The van der Waals surface area contributed by atoms with Gasteiger partial charge in [0.1, 0.15) is 12.0 Å². The molecule has 6 nitrogen and oxygen atoms in total. The quantitative estimate of drug-likeness (QED) is 0.644. The van der Waals surface area contributed by atoms with Gasteiger partial charge in [0, 0.05) is 12.7 Å². The predicted molar refractivity (Wildman–Crippen MR) is 82.8 cm³/mol. The van der Waals surface area contributed by atoms with E-state index < -0.39 is 0 Å². The lowest BCUT2D eigenvalue weighted by atomic mass is 10.1. The summed E-state index contributed by atoms with van der Waals surface area (Å²) in [6.45, 7) is 0.598. The number of hydrogen-bond donors (Lipinski definition) is 3. The van der Waals surface area contributed by atoms with Gasteiger partial charge in [-0.15, -0.1) is 0 Å². The number of nitrogen functional groups attached to an aromatic ring is 1. The van der Waals surface area contributed by atoms with Gasteiger partial charge in [0.2, 0.25) is 0 Å². The Morgan fingerprint density at radius 2 is 1.95 bits per heavy atom. The molecule has 0 saturated carbocycles. The second-order valence-electron chi connectivity index (χ2n) is 4.45. The summed E-state index contributed by atoms with van der Waals surface area (Å²) in [7, 11) is 0. The monoisotopic (exact) mass is 300 g/mol. The Kier molecular flexibility index (Phi) is 3.70. The van der Waals surface area contributed by atoms with Crippen LogP contribution in [0, 0.1) is 0 Å². The number of aromatic amines is 1. The van der Waals surface area contributed by atoms with Crippen LogP contribution in [0.15, 0.2) is 42.9 Å². The van der Waals surface area contributed by atoms with Crippen molar-refractivity contribution < 1.29 is 0 Å². The maximum absolute atomic E-state index is 5.85. The Labute approximate surface area is 126 Å². The predicted octanol–water partition coefficient (Wildman–Crippen LogP) is 2.71. The number of anilines is 2. The van der Waals surface area contributed by atoms with Crippen molar-refractivity contribution in [1.82, 2.24) is 20.2 Å². The first-order chi connectivity index (χ1) is 10.2. The van der Waals surface area contributed by atoms with Crippen LogP contribution in [0.3, 0.4) is 0 Å². The Morgan fingerprint density at radius 3 is 2.67 bits per heavy atom. The Bertz CT molecular complexity index is 724. The molecule has 0 aliphatic heterocycles. The van der Waals surface area contributed by atoms with Crippen molar-refractivity contribution in [3.63, 3.8) is 0 Å². The summed E-state index contributed by atoms with van der Waals surface area (Å²) >= 11 is 5.85. The molecule has 0 radical (unpaired) electrons. The highest BCUT2D eigenvalue weighted by molar-refractivity contribution is 6.32. The highest BCUT2D eigenvalue weighted by atomic mass is 35.5. The number of halogens is 1. The molecule has 21 heavy (non-hydrogen) atoms. The summed E-state index contributed by atoms with van der Waals surface area (Å²) in [4.78, 5) is 7.88. The largest absolute Gasteiger partial charge is 0.393 e. The molecule has 0 atom stereocenters. The van der Waals surface area contributed by atoms with Crippen LogP contribution < -0.4 is 11.1 Å². The van der Waals surface area contributed by atoms with E-state index in [0.717, 1.165) is 16.8 Å². The van der Waals surface area contributed by atoms with Crippen molar-refractivity contribution in [3.05, 3.63) is 53.6 Å². The normalized spacial score (nSPS) is 10.5. The first-order valence-corrected chi connectivity index (χ1v) is 6.70. The lowest BCUT2D eigenvalue weighted by molar-refractivity contribution is 1.08. The molecule has 0 saturated heterocycles. The van der Waals surface area contributed by atoms with Gasteiger partial charge < -0.3 is 11.1 Å². The van der Waals surface area contributed by atoms with E-state index in [-0.39, 0.29) is 5.15 Å². The van der Waals surface area contributed by atoms with Crippen LogP contribution in [0.1, 0.15) is 5.56 Å². The maximum Gasteiger partial charge on any atom is 0.157 e. The number of hydrogen-bond acceptors (Lipinski definition) is 5. The molecule has 0 spiro atoms. The first-order valence-electron chi connectivity index (χ1n) is 6.32. The number of H-pyrrole nitrogens is 1. The topological polar surface area (TPSA) is 92.5 Å². The van der Waals surface area contributed by atoms with Crippen molar-refractivity contribution in [2.45, 2.75) is 6.54 Å². The minimum atomic E-state index is 0.252. The molecule has 0 aliphatic rings. The number of nitrogens with two attached hydrogens (primary N) is 1. The van der Waals surface area contributed by atoms with Gasteiger partial charge in [0.05, 0.1) is 5.69 Å². The standard InChI is InChI=1S/C14H13ClN6/c15-13-12(16)14(19-8-18-13)17-7-9-1-3-10(4-2-9)11-5-6-20-21-11/h1-6,8H,7,16H2,(H,20,21)(H,17,18,19). The van der Waals surface area contributed by atoms with Gasteiger partial charge in [-0.05, 0) is 17.2 Å². The molecule has 2 aromatic heterocycles. The lowest BCUT2D eigenvalue weighted by Gasteiger charge is -2.09. The fraction of sp³-hybridized carbons (Fsp3) is 0.0714. The number of rotatable bonds is 4. The van der Waals surface area contributed by atoms with Crippen molar-refractivity contribution in [2.24, 2.45) is 0 Å². The smallest absolute Gasteiger partial charge is 0.157 e. The Balaban J connectivity index is 1.70. The average Bonchev–Trinajstić information content (AvgIpc) is 3.04. The van der Waals surface area contributed by atoms with Crippen LogP contribution in [0.5, 0.6) is 0 Å². The van der Waals surface area contributed by atoms with Gasteiger partial charge >= 0.3 is 0 Å². The SMILES string of the molecule is Nc1c(Cl)ncnc1NCc1ccc(-c2ccn[nH]2)cc1. The molecule has 0 fully saturated rings. The second kappa shape index (κ2) is 5.80. The molecule has 0 bridgehead atoms. The zero-order valence-electron chi connectivity index (χ0n) is 11.0. The van der Waals surface area contributed by atoms with Crippen molar-refractivity contribution in [3.8, 4) is 11.3 Å². The molecule has 3 aromatic rings. The minimum Gasteiger partial charge on any atom is -0.393 e. The number of aromatic nitrogens is 4. The van der Waals surface area contributed by atoms with Crippen LogP contribution in [0.4, 0.5) is 11.5 Å². The van der Waals surface area contributed by atoms with Gasteiger partial charge in [-0.1, -0.05) is 35.9 Å². The van der Waals surface area contributed by atoms with Gasteiger partial charge in [0.25, 0.3) is 0 Å². The van der Waals surface area contributed by atoms with E-state index in [0.29, 0.717) is 18.1 Å². The average molecular weight is 301 g/mol. The highest BCUT2D eigenvalue weighted by Crippen LogP contribution is 2.23. The van der Waals surface area contributed by atoms with E-state index in [9.17, 15) is 0 Å². The molecule has 0 unspecified atom stereocenters. The van der Waals surface area contributed by atoms with E-state index >= 15 is 0 Å². The third-order valence-electron chi connectivity index (χ3n) is 3.06. The van der Waals surface area contributed by atoms with Crippen molar-refractivity contribution in [1.29, 1.82) is 0 Å². The lowest BCUT2D eigenvalue weighted by Crippen LogP contribution is -2.05. The highest BCUT2D eigenvalue weighted by Gasteiger charge is 2.05. The van der Waals surface area contributed by atoms with E-state index in [1.54, 1.807) is 6.20 Å². The van der Waals surface area contributed by atoms with E-state index in [4.69, 9.17) is 17.3 Å². The Morgan fingerprint density at radius 1 is 1.14 bits per heavy atom. The van der Waals surface area contributed by atoms with Crippen LogP contribution >= 0.6 is 11.6 Å². The third kappa shape index (κ3) is 2.95. The van der Waals surface area contributed by atoms with E-state index in [2.05, 4.69) is 25.5 Å². The molecule has 1 aromatic carbocycles. The zero-order valence-corrected chi connectivity index (χ0v) is 11.8. The summed E-state index contributed by atoms with van der Waals surface area (Å²) in [6.07, 6.45) is 3.11. The minimum absolute atomic E-state index is 0.252. The van der Waals surface area contributed by atoms with Gasteiger partial charge in [-0.2, -0.15) is 5.10 Å². The molecule has 0 amide bonds. The van der Waals surface area contributed by atoms with Gasteiger partial charge in [0.15, 0.2) is 11.0 Å². The summed E-state index contributed by atoms with van der Waals surface area (Å²) in [5.74, 6) is 0.535. The summed E-state index contributed by atoms with van der Waals surface area (Å²) in [5.41, 5.74) is 9.33. The summed E-state index contributed by atoms with van der Waals surface area (Å²) in [5, 5.41) is 10.3. The molecular weight excluding hydrogens is 288 g/mol. The van der Waals surface area contributed by atoms with Gasteiger partial charge in [-0.25, -0.2) is 9.97 Å². The van der Waals surface area contributed by atoms with Crippen LogP contribution in [0.25, 0.3) is 11.3 Å². The molecule has 106 valence electrons. The van der Waals surface area contributed by atoms with Gasteiger partial charge in [-0.3, -0.25) is 5.10 Å². The summed E-state index contributed by atoms with van der Waals surface area (Å²) < 4.78 is 0. The summed E-state index contributed by atoms with van der Waals surface area (Å²) in [6, 6.07) is 10.0. The number of nitrogens with one attached hydrogen (secondary N) is 2. The van der Waals surface area contributed by atoms with Crippen LogP contribution in [-0.4, -0.2) is 20.2 Å². The molecular formula is C14H13ClN6. The van der Waals surface area contributed by atoms with Crippen LogP contribution in [0.2, 0.25) is 5.15 Å². The molecule has 4 N–H and O–H groups in total. The fourth-order valence-electron chi connectivity index (χ4n) is 1.92. The molecule has 7 heteroatoms. The first kappa shape index (κ1) is 13.4. The van der Waals surface area contributed by atoms with Crippen molar-refractivity contribution in [2.75, 3.05) is 11.1 Å². The zero-order chi connectivity index (χ0) is 14.7. The number of benzene rings is 1. The third-order valence-corrected chi connectivity index (χ3v) is 3.36. The fourth-order valence-corrected chi connectivity index (χ4v) is 2.05. The molecule has 3 rings (SSSR count). The van der Waals surface area contributed by atoms with E-state index in [1.165, 1.54) is 6.33 Å². The maximum atomic E-state index is 5.85. The van der Waals surface area contributed by atoms with Crippen molar-refractivity contribution >= 4 is 23.1 Å². The van der Waals surface area contributed by atoms with E-state index in [1.807, 2.05) is 30.3 Å². The van der Waals surface area contributed by atoms with Crippen LogP contribution in [-0.2, 0) is 6.54 Å². The molecule has 0 aliphatic carbocycles.